The van der Waals surface area contributed by atoms with E-state index in [1.807, 2.05) is 43.3 Å². The van der Waals surface area contributed by atoms with E-state index < -0.39 is 5.97 Å². The van der Waals surface area contributed by atoms with E-state index in [0.717, 1.165) is 28.2 Å². The zero-order chi connectivity index (χ0) is 16.4. The topological polar surface area (TPSA) is 76.2 Å². The van der Waals surface area contributed by atoms with Crippen LogP contribution in [-0.4, -0.2) is 21.2 Å². The number of carboxylic acids is 1. The van der Waals surface area contributed by atoms with Gasteiger partial charge in [0.2, 0.25) is 0 Å². The highest BCUT2D eigenvalue weighted by molar-refractivity contribution is 7.14. The number of nitrogens with zero attached hydrogens (tertiary/aromatic N) is 2. The summed E-state index contributed by atoms with van der Waals surface area (Å²) in [4.78, 5) is 15.6. The van der Waals surface area contributed by atoms with Gasteiger partial charge in [-0.05, 0) is 26.0 Å². The summed E-state index contributed by atoms with van der Waals surface area (Å²) in [6, 6.07) is 9.75. The standard InChI is InChI=1S/C17H14N2O3S/c1-10-16(17(20)21)23-14(18-10)9-8-13-11(2)22-19-15(13)12-6-4-3-5-7-12/h3-9H,1-2H3,(H,20,21). The molecule has 0 bridgehead atoms. The minimum Gasteiger partial charge on any atom is -0.477 e. The molecule has 0 unspecified atom stereocenters. The molecule has 116 valence electrons. The van der Waals surface area contributed by atoms with Gasteiger partial charge in [-0.1, -0.05) is 35.5 Å². The van der Waals surface area contributed by atoms with Gasteiger partial charge < -0.3 is 9.63 Å². The van der Waals surface area contributed by atoms with Gasteiger partial charge in [-0.2, -0.15) is 0 Å². The Morgan fingerprint density at radius 1 is 1.22 bits per heavy atom. The summed E-state index contributed by atoms with van der Waals surface area (Å²) in [5.74, 6) is -0.252. The van der Waals surface area contributed by atoms with Crippen molar-refractivity contribution in [3.05, 3.63) is 57.2 Å². The average molecular weight is 326 g/mol. The highest BCUT2D eigenvalue weighted by atomic mass is 32.1. The summed E-state index contributed by atoms with van der Waals surface area (Å²) in [5, 5.41) is 13.8. The molecule has 5 nitrogen and oxygen atoms in total. The minimum absolute atomic E-state index is 0.259. The summed E-state index contributed by atoms with van der Waals surface area (Å²) in [6.45, 7) is 3.53. The second-order valence-electron chi connectivity index (χ2n) is 4.97. The highest BCUT2D eigenvalue weighted by Gasteiger charge is 2.14. The van der Waals surface area contributed by atoms with Crippen LogP contribution in [0.5, 0.6) is 0 Å². The normalized spacial score (nSPS) is 11.2. The first-order valence-electron chi connectivity index (χ1n) is 6.96. The fourth-order valence-electron chi connectivity index (χ4n) is 2.22. The van der Waals surface area contributed by atoms with E-state index in [1.165, 1.54) is 0 Å². The lowest BCUT2D eigenvalue weighted by atomic mass is 10.1. The van der Waals surface area contributed by atoms with Crippen LogP contribution in [0.2, 0.25) is 0 Å². The maximum Gasteiger partial charge on any atom is 0.347 e. The van der Waals surface area contributed by atoms with Crippen LogP contribution in [0.15, 0.2) is 34.9 Å². The van der Waals surface area contributed by atoms with Gasteiger partial charge in [0.05, 0.1) is 5.69 Å². The molecule has 0 radical (unpaired) electrons. The molecule has 0 spiro atoms. The SMILES string of the molecule is Cc1nc(C=Cc2c(-c3ccccc3)noc2C)sc1C(=O)O. The van der Waals surface area contributed by atoms with Crippen molar-refractivity contribution in [1.82, 2.24) is 10.1 Å². The van der Waals surface area contributed by atoms with Crippen molar-refractivity contribution in [2.75, 3.05) is 0 Å². The number of rotatable bonds is 4. The van der Waals surface area contributed by atoms with E-state index in [9.17, 15) is 4.79 Å². The van der Waals surface area contributed by atoms with Crippen LogP contribution in [0.4, 0.5) is 0 Å². The molecule has 0 saturated heterocycles. The van der Waals surface area contributed by atoms with E-state index in [0.29, 0.717) is 16.5 Å². The van der Waals surface area contributed by atoms with Crippen LogP contribution < -0.4 is 0 Å². The molecule has 0 amide bonds. The van der Waals surface area contributed by atoms with E-state index in [-0.39, 0.29) is 4.88 Å². The molecule has 6 heteroatoms. The van der Waals surface area contributed by atoms with Crippen LogP contribution in [0.3, 0.4) is 0 Å². The van der Waals surface area contributed by atoms with Gasteiger partial charge >= 0.3 is 5.97 Å². The number of aryl methyl sites for hydroxylation is 2. The van der Waals surface area contributed by atoms with Crippen molar-refractivity contribution in [3.63, 3.8) is 0 Å². The van der Waals surface area contributed by atoms with Crippen molar-refractivity contribution >= 4 is 29.5 Å². The van der Waals surface area contributed by atoms with Gasteiger partial charge in [-0.25, -0.2) is 9.78 Å². The number of carboxylic acid groups (broad SMARTS) is 1. The van der Waals surface area contributed by atoms with Crippen molar-refractivity contribution in [2.24, 2.45) is 0 Å². The molecular weight excluding hydrogens is 312 g/mol. The molecule has 0 aliphatic carbocycles. The maximum absolute atomic E-state index is 11.1. The molecule has 0 aliphatic rings. The van der Waals surface area contributed by atoms with Crippen LogP contribution in [0.25, 0.3) is 23.4 Å². The zero-order valence-electron chi connectivity index (χ0n) is 12.6. The molecule has 1 N–H and O–H groups in total. The highest BCUT2D eigenvalue weighted by Crippen LogP contribution is 2.27. The summed E-state index contributed by atoms with van der Waals surface area (Å²) in [7, 11) is 0. The predicted molar refractivity (Wildman–Crippen MR) is 89.4 cm³/mol. The third-order valence-electron chi connectivity index (χ3n) is 3.36. The Bertz CT molecular complexity index is 879. The van der Waals surface area contributed by atoms with Gasteiger partial charge in [0.1, 0.15) is 21.3 Å². The molecule has 2 aromatic heterocycles. The van der Waals surface area contributed by atoms with Gasteiger partial charge in [-0.15, -0.1) is 11.3 Å². The summed E-state index contributed by atoms with van der Waals surface area (Å²) < 4.78 is 5.29. The molecular formula is C17H14N2O3S. The monoisotopic (exact) mass is 326 g/mol. The molecule has 3 rings (SSSR count). The Hall–Kier alpha value is -2.73. The quantitative estimate of drug-likeness (QED) is 0.774. The van der Waals surface area contributed by atoms with E-state index in [2.05, 4.69) is 10.1 Å². The van der Waals surface area contributed by atoms with Gasteiger partial charge in [0, 0.05) is 11.1 Å². The largest absolute Gasteiger partial charge is 0.477 e. The molecule has 0 aliphatic heterocycles. The summed E-state index contributed by atoms with van der Waals surface area (Å²) in [6.07, 6.45) is 3.65. The van der Waals surface area contributed by atoms with Crippen molar-refractivity contribution in [3.8, 4) is 11.3 Å². The van der Waals surface area contributed by atoms with E-state index in [1.54, 1.807) is 13.0 Å². The lowest BCUT2D eigenvalue weighted by Crippen LogP contribution is -1.94. The number of carbonyl (C=O) groups is 1. The van der Waals surface area contributed by atoms with Crippen molar-refractivity contribution < 1.29 is 14.4 Å². The summed E-state index contributed by atoms with van der Waals surface area (Å²) >= 11 is 1.15. The van der Waals surface area contributed by atoms with Crippen LogP contribution in [-0.2, 0) is 0 Å². The Labute approximate surface area is 136 Å². The fraction of sp³-hybridized carbons (Fsp3) is 0.118. The molecule has 3 aromatic rings. The average Bonchev–Trinajstić information content (AvgIpc) is 3.09. The Balaban J connectivity index is 1.96. The molecule has 1 aromatic carbocycles. The zero-order valence-corrected chi connectivity index (χ0v) is 13.4. The number of thiazole rings is 1. The fourth-order valence-corrected chi connectivity index (χ4v) is 3.03. The van der Waals surface area contributed by atoms with E-state index in [4.69, 9.17) is 9.63 Å². The molecule has 0 saturated carbocycles. The van der Waals surface area contributed by atoms with Crippen LogP contribution >= 0.6 is 11.3 Å². The van der Waals surface area contributed by atoms with E-state index >= 15 is 0 Å². The lowest BCUT2D eigenvalue weighted by Gasteiger charge is -1.97. The van der Waals surface area contributed by atoms with Gasteiger partial charge in [0.15, 0.2) is 0 Å². The van der Waals surface area contributed by atoms with Crippen molar-refractivity contribution in [2.45, 2.75) is 13.8 Å². The number of hydrogen-bond donors (Lipinski definition) is 1. The molecule has 23 heavy (non-hydrogen) atoms. The third kappa shape index (κ3) is 3.07. The number of hydrogen-bond acceptors (Lipinski definition) is 5. The number of aromatic nitrogens is 2. The smallest absolute Gasteiger partial charge is 0.347 e. The Morgan fingerprint density at radius 2 is 1.96 bits per heavy atom. The van der Waals surface area contributed by atoms with Gasteiger partial charge in [0.25, 0.3) is 0 Å². The third-order valence-corrected chi connectivity index (χ3v) is 4.47. The predicted octanol–water partition coefficient (Wildman–Crippen LogP) is 4.28. The van der Waals surface area contributed by atoms with Gasteiger partial charge in [-0.3, -0.25) is 0 Å². The molecule has 0 atom stereocenters. The number of aromatic carboxylic acids is 1. The maximum atomic E-state index is 11.1. The second kappa shape index (κ2) is 6.18. The van der Waals surface area contributed by atoms with Crippen LogP contribution in [0, 0.1) is 13.8 Å². The van der Waals surface area contributed by atoms with Crippen LogP contribution in [0.1, 0.15) is 31.7 Å². The lowest BCUT2D eigenvalue weighted by molar-refractivity contribution is 0.0701. The Kier molecular flexibility index (Phi) is 4.08. The second-order valence-corrected chi connectivity index (χ2v) is 6.00. The van der Waals surface area contributed by atoms with Crippen molar-refractivity contribution in [1.29, 1.82) is 0 Å². The minimum atomic E-state index is -0.953. The molecule has 0 fully saturated rings. The first kappa shape index (κ1) is 15.2. The summed E-state index contributed by atoms with van der Waals surface area (Å²) in [5.41, 5.74) is 3.10. The Morgan fingerprint density at radius 3 is 2.61 bits per heavy atom. The molecule has 2 heterocycles. The first-order chi connectivity index (χ1) is 11.1. The first-order valence-corrected chi connectivity index (χ1v) is 7.78. The number of benzene rings is 1.